The summed E-state index contributed by atoms with van der Waals surface area (Å²) in [6.45, 7) is 4.29. The lowest BCUT2D eigenvalue weighted by atomic mass is 10.0. The third kappa shape index (κ3) is 1.94. The Morgan fingerprint density at radius 2 is 2.17 bits per heavy atom. The second-order valence-electron chi connectivity index (χ2n) is 2.93. The average Bonchev–Trinajstić information content (AvgIpc) is 2.09. The molecule has 0 aromatic heterocycles. The monoisotopic (exact) mass is 161 g/mol. The molecule has 0 saturated heterocycles. The van der Waals surface area contributed by atoms with E-state index in [9.17, 15) is 0 Å². The van der Waals surface area contributed by atoms with Crippen molar-refractivity contribution in [1.29, 1.82) is 0 Å². The SMILES string of the molecule is CCc1ccc(C=NC)c(C)c1. The van der Waals surface area contributed by atoms with Gasteiger partial charge in [-0.05, 0) is 30.0 Å². The van der Waals surface area contributed by atoms with Crippen molar-refractivity contribution < 1.29 is 0 Å². The van der Waals surface area contributed by atoms with E-state index >= 15 is 0 Å². The zero-order valence-corrected chi connectivity index (χ0v) is 7.96. The van der Waals surface area contributed by atoms with Crippen molar-refractivity contribution in [3.63, 3.8) is 0 Å². The Hall–Kier alpha value is -1.11. The van der Waals surface area contributed by atoms with Crippen molar-refractivity contribution in [1.82, 2.24) is 0 Å². The van der Waals surface area contributed by atoms with Gasteiger partial charge in [0.1, 0.15) is 0 Å². The van der Waals surface area contributed by atoms with E-state index in [2.05, 4.69) is 37.0 Å². The fourth-order valence-corrected chi connectivity index (χ4v) is 1.24. The van der Waals surface area contributed by atoms with Gasteiger partial charge in [-0.15, -0.1) is 0 Å². The second kappa shape index (κ2) is 4.05. The van der Waals surface area contributed by atoms with Gasteiger partial charge in [0, 0.05) is 13.3 Å². The molecule has 64 valence electrons. The summed E-state index contributed by atoms with van der Waals surface area (Å²) >= 11 is 0. The van der Waals surface area contributed by atoms with Gasteiger partial charge in [-0.1, -0.05) is 25.1 Å². The predicted molar refractivity (Wildman–Crippen MR) is 54.1 cm³/mol. The average molecular weight is 161 g/mol. The van der Waals surface area contributed by atoms with E-state index in [0.717, 1.165) is 6.42 Å². The van der Waals surface area contributed by atoms with Crippen LogP contribution in [-0.4, -0.2) is 13.3 Å². The molecule has 1 aromatic rings. The minimum Gasteiger partial charge on any atom is -0.296 e. The Morgan fingerprint density at radius 1 is 1.42 bits per heavy atom. The molecule has 0 N–H and O–H groups in total. The molecular formula is C11H15N. The van der Waals surface area contributed by atoms with Crippen LogP contribution < -0.4 is 0 Å². The van der Waals surface area contributed by atoms with Crippen molar-refractivity contribution in [3.8, 4) is 0 Å². The molecule has 1 nitrogen and oxygen atoms in total. The van der Waals surface area contributed by atoms with E-state index in [0.29, 0.717) is 0 Å². The van der Waals surface area contributed by atoms with Crippen LogP contribution in [0.4, 0.5) is 0 Å². The predicted octanol–water partition coefficient (Wildman–Crippen LogP) is 2.61. The number of hydrogen-bond acceptors (Lipinski definition) is 1. The Kier molecular flexibility index (Phi) is 3.03. The summed E-state index contributed by atoms with van der Waals surface area (Å²) < 4.78 is 0. The summed E-state index contributed by atoms with van der Waals surface area (Å²) in [5.41, 5.74) is 3.91. The summed E-state index contributed by atoms with van der Waals surface area (Å²) in [5, 5.41) is 0. The summed E-state index contributed by atoms with van der Waals surface area (Å²) in [4.78, 5) is 4.00. The molecule has 0 amide bonds. The molecule has 0 saturated carbocycles. The molecule has 1 heteroatoms. The first kappa shape index (κ1) is 8.98. The van der Waals surface area contributed by atoms with Crippen LogP contribution in [0.2, 0.25) is 0 Å². The fourth-order valence-electron chi connectivity index (χ4n) is 1.24. The highest BCUT2D eigenvalue weighted by atomic mass is 14.6. The summed E-state index contributed by atoms with van der Waals surface area (Å²) in [6.07, 6.45) is 3.00. The van der Waals surface area contributed by atoms with E-state index in [1.165, 1.54) is 16.7 Å². The van der Waals surface area contributed by atoms with Gasteiger partial charge in [0.25, 0.3) is 0 Å². The van der Waals surface area contributed by atoms with Crippen molar-refractivity contribution in [2.24, 2.45) is 4.99 Å². The number of nitrogens with zero attached hydrogens (tertiary/aromatic N) is 1. The highest BCUT2D eigenvalue weighted by Crippen LogP contribution is 2.09. The molecule has 1 rings (SSSR count). The standard InChI is InChI=1S/C11H15N/c1-4-10-5-6-11(8-12-3)9(2)7-10/h5-8H,4H2,1-3H3. The molecule has 0 fully saturated rings. The van der Waals surface area contributed by atoms with Gasteiger partial charge < -0.3 is 0 Å². The molecule has 0 bridgehead atoms. The van der Waals surface area contributed by atoms with Gasteiger partial charge in [-0.25, -0.2) is 0 Å². The minimum absolute atomic E-state index is 1.10. The molecule has 0 unspecified atom stereocenters. The maximum atomic E-state index is 4.00. The number of aryl methyl sites for hydroxylation is 2. The van der Waals surface area contributed by atoms with Crippen LogP contribution >= 0.6 is 0 Å². The normalized spacial score (nSPS) is 10.9. The molecule has 0 aliphatic heterocycles. The summed E-state index contributed by atoms with van der Waals surface area (Å²) in [7, 11) is 1.80. The molecule has 0 heterocycles. The number of benzene rings is 1. The smallest absolute Gasteiger partial charge is 0.0284 e. The lowest BCUT2D eigenvalue weighted by molar-refractivity contribution is 1.13. The van der Waals surface area contributed by atoms with Crippen LogP contribution in [0.15, 0.2) is 23.2 Å². The first-order valence-corrected chi connectivity index (χ1v) is 4.29. The number of aliphatic imine (C=N–C) groups is 1. The Morgan fingerprint density at radius 3 is 2.67 bits per heavy atom. The first-order chi connectivity index (χ1) is 5.77. The van der Waals surface area contributed by atoms with Crippen LogP contribution in [0.3, 0.4) is 0 Å². The van der Waals surface area contributed by atoms with Crippen molar-refractivity contribution in [2.75, 3.05) is 7.05 Å². The molecule has 1 aromatic carbocycles. The van der Waals surface area contributed by atoms with Gasteiger partial charge in [0.05, 0.1) is 0 Å². The Balaban J connectivity index is 3.03. The molecule has 0 atom stereocenters. The van der Waals surface area contributed by atoms with Gasteiger partial charge in [0.2, 0.25) is 0 Å². The Labute approximate surface area is 74.2 Å². The maximum absolute atomic E-state index is 4.00. The van der Waals surface area contributed by atoms with Gasteiger partial charge in [-0.3, -0.25) is 4.99 Å². The quantitative estimate of drug-likeness (QED) is 0.591. The van der Waals surface area contributed by atoms with E-state index in [1.54, 1.807) is 7.05 Å². The third-order valence-electron chi connectivity index (χ3n) is 2.01. The first-order valence-electron chi connectivity index (χ1n) is 4.29. The minimum atomic E-state index is 1.10. The summed E-state index contributed by atoms with van der Waals surface area (Å²) in [5.74, 6) is 0. The largest absolute Gasteiger partial charge is 0.296 e. The molecular weight excluding hydrogens is 146 g/mol. The van der Waals surface area contributed by atoms with Gasteiger partial charge in [-0.2, -0.15) is 0 Å². The lowest BCUT2D eigenvalue weighted by Crippen LogP contribution is -1.89. The number of hydrogen-bond donors (Lipinski definition) is 0. The van der Waals surface area contributed by atoms with E-state index in [4.69, 9.17) is 0 Å². The van der Waals surface area contributed by atoms with E-state index in [1.807, 2.05) is 6.21 Å². The molecule has 12 heavy (non-hydrogen) atoms. The lowest BCUT2D eigenvalue weighted by Gasteiger charge is -2.02. The van der Waals surface area contributed by atoms with E-state index in [-0.39, 0.29) is 0 Å². The number of rotatable bonds is 2. The zero-order chi connectivity index (χ0) is 8.97. The second-order valence-corrected chi connectivity index (χ2v) is 2.93. The van der Waals surface area contributed by atoms with Crippen LogP contribution in [0.25, 0.3) is 0 Å². The Bertz CT molecular complexity index is 287. The van der Waals surface area contributed by atoms with Gasteiger partial charge in [0.15, 0.2) is 0 Å². The zero-order valence-electron chi connectivity index (χ0n) is 7.96. The highest BCUT2D eigenvalue weighted by Gasteiger charge is 1.95. The highest BCUT2D eigenvalue weighted by molar-refractivity contribution is 5.81. The van der Waals surface area contributed by atoms with Gasteiger partial charge >= 0.3 is 0 Å². The summed E-state index contributed by atoms with van der Waals surface area (Å²) in [6, 6.07) is 6.50. The topological polar surface area (TPSA) is 12.4 Å². The fraction of sp³-hybridized carbons (Fsp3) is 0.364. The van der Waals surface area contributed by atoms with E-state index < -0.39 is 0 Å². The van der Waals surface area contributed by atoms with Crippen LogP contribution in [0.1, 0.15) is 23.6 Å². The third-order valence-corrected chi connectivity index (χ3v) is 2.01. The van der Waals surface area contributed by atoms with Crippen LogP contribution in [0, 0.1) is 6.92 Å². The van der Waals surface area contributed by atoms with Crippen molar-refractivity contribution in [3.05, 3.63) is 34.9 Å². The molecule has 0 aliphatic rings. The van der Waals surface area contributed by atoms with Crippen molar-refractivity contribution in [2.45, 2.75) is 20.3 Å². The molecule has 0 spiro atoms. The van der Waals surface area contributed by atoms with Crippen LogP contribution in [-0.2, 0) is 6.42 Å². The molecule has 0 aliphatic carbocycles. The van der Waals surface area contributed by atoms with Crippen LogP contribution in [0.5, 0.6) is 0 Å². The van der Waals surface area contributed by atoms with Crippen molar-refractivity contribution >= 4 is 6.21 Å². The maximum Gasteiger partial charge on any atom is 0.0284 e. The molecule has 0 radical (unpaired) electrons.